The van der Waals surface area contributed by atoms with E-state index in [4.69, 9.17) is 0 Å². The summed E-state index contributed by atoms with van der Waals surface area (Å²) < 4.78 is 13.5. The van der Waals surface area contributed by atoms with Crippen molar-refractivity contribution in [2.45, 2.75) is 0 Å². The van der Waals surface area contributed by atoms with Gasteiger partial charge in [-0.15, -0.1) is 0 Å². The second-order valence-electron chi connectivity index (χ2n) is 2.54. The van der Waals surface area contributed by atoms with Gasteiger partial charge in [-0.05, 0) is 28.1 Å². The highest BCUT2D eigenvalue weighted by molar-refractivity contribution is 9.10. The van der Waals surface area contributed by atoms with Crippen LogP contribution in [0, 0.1) is 5.82 Å². The second-order valence-corrected chi connectivity index (χ2v) is 3.33. The van der Waals surface area contributed by atoms with Gasteiger partial charge < -0.3 is 4.98 Å². The summed E-state index contributed by atoms with van der Waals surface area (Å²) in [6.07, 6.45) is 3.33. The van der Waals surface area contributed by atoms with E-state index in [-0.39, 0.29) is 5.82 Å². The number of hydrogen-bond acceptors (Lipinski definition) is 1. The van der Waals surface area contributed by atoms with Crippen molar-refractivity contribution in [2.24, 2.45) is 0 Å². The average Bonchev–Trinajstić information content (AvgIpc) is 2.62. The molecule has 0 saturated heterocycles. The quantitative estimate of drug-likeness (QED) is 0.816. The van der Waals surface area contributed by atoms with Gasteiger partial charge in [-0.25, -0.2) is 9.37 Å². The number of aromatic nitrogens is 2. The van der Waals surface area contributed by atoms with Gasteiger partial charge in [0.1, 0.15) is 11.6 Å². The van der Waals surface area contributed by atoms with E-state index in [1.54, 1.807) is 24.5 Å². The molecular weight excluding hydrogens is 235 g/mol. The van der Waals surface area contributed by atoms with Crippen molar-refractivity contribution < 1.29 is 4.39 Å². The number of imidazole rings is 1. The highest BCUT2D eigenvalue weighted by Crippen LogP contribution is 2.27. The molecular formula is C9H6BrFN2. The van der Waals surface area contributed by atoms with Crippen LogP contribution in [0.1, 0.15) is 0 Å². The molecule has 0 bridgehead atoms. The Morgan fingerprint density at radius 3 is 2.92 bits per heavy atom. The lowest BCUT2D eigenvalue weighted by atomic mass is 10.2. The van der Waals surface area contributed by atoms with Crippen molar-refractivity contribution >= 4 is 15.9 Å². The molecule has 0 amide bonds. The van der Waals surface area contributed by atoms with Crippen molar-refractivity contribution in [1.29, 1.82) is 0 Å². The molecule has 0 aliphatic heterocycles. The van der Waals surface area contributed by atoms with E-state index in [1.807, 2.05) is 0 Å². The molecule has 0 aliphatic rings. The average molecular weight is 241 g/mol. The molecule has 0 atom stereocenters. The van der Waals surface area contributed by atoms with E-state index in [2.05, 4.69) is 25.9 Å². The van der Waals surface area contributed by atoms with Gasteiger partial charge in [0.05, 0.1) is 4.47 Å². The van der Waals surface area contributed by atoms with Crippen molar-refractivity contribution in [3.8, 4) is 11.4 Å². The molecule has 1 aromatic carbocycles. The molecule has 0 radical (unpaired) electrons. The maximum absolute atomic E-state index is 13.1. The summed E-state index contributed by atoms with van der Waals surface area (Å²) in [4.78, 5) is 6.95. The van der Waals surface area contributed by atoms with Crippen LogP contribution in [-0.4, -0.2) is 9.97 Å². The maximum atomic E-state index is 13.1. The zero-order chi connectivity index (χ0) is 9.26. The smallest absolute Gasteiger partial charge is 0.138 e. The summed E-state index contributed by atoms with van der Waals surface area (Å²) >= 11 is 3.17. The van der Waals surface area contributed by atoms with Gasteiger partial charge in [0, 0.05) is 18.0 Å². The van der Waals surface area contributed by atoms with Crippen LogP contribution in [0.25, 0.3) is 11.4 Å². The van der Waals surface area contributed by atoms with Gasteiger partial charge in [-0.2, -0.15) is 0 Å². The molecule has 2 rings (SSSR count). The molecule has 2 aromatic rings. The Kier molecular flexibility index (Phi) is 2.14. The third-order valence-electron chi connectivity index (χ3n) is 1.70. The largest absolute Gasteiger partial charge is 0.345 e. The number of nitrogens with one attached hydrogen (secondary N) is 1. The fourth-order valence-corrected chi connectivity index (χ4v) is 1.55. The molecule has 1 aromatic heterocycles. The molecule has 66 valence electrons. The summed E-state index contributed by atoms with van der Waals surface area (Å²) in [6, 6.07) is 4.85. The van der Waals surface area contributed by atoms with Gasteiger partial charge in [-0.1, -0.05) is 6.07 Å². The van der Waals surface area contributed by atoms with Crippen LogP contribution in [0.3, 0.4) is 0 Å². The lowest BCUT2D eigenvalue weighted by Gasteiger charge is -2.00. The monoisotopic (exact) mass is 240 g/mol. The fraction of sp³-hybridized carbons (Fsp3) is 0. The van der Waals surface area contributed by atoms with E-state index in [9.17, 15) is 4.39 Å². The Morgan fingerprint density at radius 2 is 2.23 bits per heavy atom. The summed E-state index contributed by atoms with van der Waals surface area (Å²) in [6.45, 7) is 0. The first-order valence-corrected chi connectivity index (χ1v) is 4.52. The Balaban J connectivity index is 2.59. The Hall–Kier alpha value is -1.16. The first-order valence-electron chi connectivity index (χ1n) is 3.73. The predicted octanol–water partition coefficient (Wildman–Crippen LogP) is 2.98. The third-order valence-corrected chi connectivity index (χ3v) is 2.51. The van der Waals surface area contributed by atoms with Crippen molar-refractivity contribution in [2.75, 3.05) is 0 Å². The Labute approximate surface area is 83.0 Å². The fourth-order valence-electron chi connectivity index (χ4n) is 1.10. The first-order chi connectivity index (χ1) is 6.29. The number of benzene rings is 1. The molecule has 4 heteroatoms. The van der Waals surface area contributed by atoms with Crippen molar-refractivity contribution in [3.05, 3.63) is 40.9 Å². The van der Waals surface area contributed by atoms with Crippen LogP contribution in [0.5, 0.6) is 0 Å². The topological polar surface area (TPSA) is 28.7 Å². The number of halogens is 2. The zero-order valence-corrected chi connectivity index (χ0v) is 8.18. The molecule has 0 unspecified atom stereocenters. The highest BCUT2D eigenvalue weighted by atomic mass is 79.9. The number of aromatic amines is 1. The number of hydrogen-bond donors (Lipinski definition) is 1. The van der Waals surface area contributed by atoms with Crippen LogP contribution in [0.2, 0.25) is 0 Å². The number of nitrogens with zero attached hydrogens (tertiary/aromatic N) is 1. The van der Waals surface area contributed by atoms with E-state index >= 15 is 0 Å². The molecule has 0 aliphatic carbocycles. The summed E-state index contributed by atoms with van der Waals surface area (Å²) in [7, 11) is 0. The van der Waals surface area contributed by atoms with Crippen LogP contribution >= 0.6 is 15.9 Å². The van der Waals surface area contributed by atoms with Crippen molar-refractivity contribution in [3.63, 3.8) is 0 Å². The molecule has 0 saturated carbocycles. The predicted molar refractivity (Wildman–Crippen MR) is 51.7 cm³/mol. The number of rotatable bonds is 1. The minimum absolute atomic E-state index is 0.283. The normalized spacial score (nSPS) is 10.3. The first kappa shape index (κ1) is 8.44. The van der Waals surface area contributed by atoms with E-state index < -0.39 is 0 Å². The molecule has 1 heterocycles. The molecule has 0 spiro atoms. The minimum atomic E-state index is -0.283. The molecule has 0 fully saturated rings. The van der Waals surface area contributed by atoms with E-state index in [1.165, 1.54) is 6.07 Å². The van der Waals surface area contributed by atoms with Crippen LogP contribution in [-0.2, 0) is 0 Å². The van der Waals surface area contributed by atoms with Gasteiger partial charge >= 0.3 is 0 Å². The van der Waals surface area contributed by atoms with Gasteiger partial charge in [0.2, 0.25) is 0 Å². The van der Waals surface area contributed by atoms with Gasteiger partial charge in [0.15, 0.2) is 0 Å². The van der Waals surface area contributed by atoms with E-state index in [0.717, 1.165) is 5.56 Å². The number of H-pyrrole nitrogens is 1. The van der Waals surface area contributed by atoms with Gasteiger partial charge in [-0.3, -0.25) is 0 Å². The van der Waals surface area contributed by atoms with E-state index in [0.29, 0.717) is 10.3 Å². The third kappa shape index (κ3) is 1.49. The SMILES string of the molecule is Fc1cccc(-c2ncc[nH]2)c1Br. The van der Waals surface area contributed by atoms with Gasteiger partial charge in [0.25, 0.3) is 0 Å². The Morgan fingerprint density at radius 1 is 1.38 bits per heavy atom. The highest BCUT2D eigenvalue weighted by Gasteiger charge is 2.08. The minimum Gasteiger partial charge on any atom is -0.345 e. The maximum Gasteiger partial charge on any atom is 0.138 e. The summed E-state index contributed by atoms with van der Waals surface area (Å²) in [5, 5.41) is 0. The lowest BCUT2D eigenvalue weighted by molar-refractivity contribution is 0.621. The summed E-state index contributed by atoms with van der Waals surface area (Å²) in [5.41, 5.74) is 0.727. The molecule has 2 nitrogen and oxygen atoms in total. The van der Waals surface area contributed by atoms with Crippen LogP contribution in [0.4, 0.5) is 4.39 Å². The van der Waals surface area contributed by atoms with Crippen LogP contribution < -0.4 is 0 Å². The lowest BCUT2D eigenvalue weighted by Crippen LogP contribution is -1.85. The molecule has 1 N–H and O–H groups in total. The van der Waals surface area contributed by atoms with Crippen molar-refractivity contribution in [1.82, 2.24) is 9.97 Å². The second kappa shape index (κ2) is 3.30. The Bertz CT molecular complexity index is 412. The standard InChI is InChI=1S/C9H6BrFN2/c10-8-6(2-1-3-7(8)11)9-12-4-5-13-9/h1-5H,(H,12,13). The van der Waals surface area contributed by atoms with Crippen LogP contribution in [0.15, 0.2) is 35.1 Å². The zero-order valence-electron chi connectivity index (χ0n) is 6.59. The molecule has 13 heavy (non-hydrogen) atoms. The summed E-state index contributed by atoms with van der Waals surface area (Å²) in [5.74, 6) is 0.375.